The highest BCUT2D eigenvalue weighted by atomic mass is 35.5. The summed E-state index contributed by atoms with van der Waals surface area (Å²) in [5.41, 5.74) is 7.31. The van der Waals surface area contributed by atoms with Crippen LogP contribution in [0.3, 0.4) is 0 Å². The summed E-state index contributed by atoms with van der Waals surface area (Å²) in [5, 5.41) is 3.03. The minimum Gasteiger partial charge on any atom is -0.352 e. The quantitative estimate of drug-likeness (QED) is 0.844. The Labute approximate surface area is 139 Å². The number of hydrogen-bond acceptors (Lipinski definition) is 3. The van der Waals surface area contributed by atoms with Crippen LogP contribution in [-0.4, -0.2) is 37.0 Å². The van der Waals surface area contributed by atoms with E-state index in [1.165, 1.54) is 32.4 Å². The molecule has 2 rings (SSSR count). The maximum Gasteiger partial charge on any atom is 0.251 e. The van der Waals surface area contributed by atoms with Gasteiger partial charge < -0.3 is 16.0 Å². The molecule has 1 atom stereocenters. The second kappa shape index (κ2) is 9.82. The van der Waals surface area contributed by atoms with Crippen molar-refractivity contribution < 1.29 is 4.79 Å². The first-order valence-corrected chi connectivity index (χ1v) is 7.98. The van der Waals surface area contributed by atoms with Crippen molar-refractivity contribution in [2.45, 2.75) is 32.7 Å². The third-order valence-corrected chi connectivity index (χ3v) is 4.08. The maximum atomic E-state index is 12.1. The van der Waals surface area contributed by atoms with Crippen molar-refractivity contribution in [2.24, 2.45) is 11.7 Å². The Hall–Kier alpha value is -1.10. The van der Waals surface area contributed by atoms with Gasteiger partial charge in [-0.05, 0) is 49.5 Å². The number of likely N-dealkylation sites (tertiary alicyclic amines) is 1. The smallest absolute Gasteiger partial charge is 0.251 e. The van der Waals surface area contributed by atoms with Crippen molar-refractivity contribution in [2.75, 3.05) is 26.2 Å². The van der Waals surface area contributed by atoms with Gasteiger partial charge in [0.2, 0.25) is 0 Å². The van der Waals surface area contributed by atoms with E-state index in [-0.39, 0.29) is 18.3 Å². The summed E-state index contributed by atoms with van der Waals surface area (Å²) in [4.78, 5) is 14.6. The minimum atomic E-state index is 0. The number of carbonyl (C=O) groups is 1. The first-order valence-electron chi connectivity index (χ1n) is 7.98. The lowest BCUT2D eigenvalue weighted by Gasteiger charge is -2.29. The van der Waals surface area contributed by atoms with Crippen LogP contribution in [0, 0.1) is 5.92 Å². The van der Waals surface area contributed by atoms with Crippen LogP contribution < -0.4 is 11.1 Å². The van der Waals surface area contributed by atoms with E-state index >= 15 is 0 Å². The number of nitrogens with two attached hydrogens (primary N) is 1. The summed E-state index contributed by atoms with van der Waals surface area (Å²) in [6.07, 6.45) is 3.99. The van der Waals surface area contributed by atoms with Crippen molar-refractivity contribution in [3.8, 4) is 0 Å². The fourth-order valence-corrected chi connectivity index (χ4v) is 2.81. The van der Waals surface area contributed by atoms with Gasteiger partial charge >= 0.3 is 0 Å². The lowest BCUT2D eigenvalue weighted by molar-refractivity contribution is 0.0942. The first kappa shape index (κ1) is 18.9. The zero-order valence-corrected chi connectivity index (χ0v) is 14.2. The first-order chi connectivity index (χ1) is 10.2. The lowest BCUT2D eigenvalue weighted by atomic mass is 10.1. The highest BCUT2D eigenvalue weighted by molar-refractivity contribution is 5.94. The summed E-state index contributed by atoms with van der Waals surface area (Å²) in [5.74, 6) is 0.486. The Morgan fingerprint density at radius 2 is 1.86 bits per heavy atom. The number of nitrogens with one attached hydrogen (secondary N) is 1. The lowest BCUT2D eigenvalue weighted by Crippen LogP contribution is -2.38. The predicted octanol–water partition coefficient (Wildman–Crippen LogP) is 2.42. The van der Waals surface area contributed by atoms with Gasteiger partial charge in [0.1, 0.15) is 0 Å². The van der Waals surface area contributed by atoms with Gasteiger partial charge in [0, 0.05) is 25.2 Å². The third-order valence-electron chi connectivity index (χ3n) is 4.08. The van der Waals surface area contributed by atoms with Crippen LogP contribution in [0.2, 0.25) is 0 Å². The molecule has 1 aliphatic rings. The third kappa shape index (κ3) is 5.95. The Kier molecular flexibility index (Phi) is 8.46. The zero-order valence-electron chi connectivity index (χ0n) is 13.4. The van der Waals surface area contributed by atoms with E-state index in [2.05, 4.69) is 17.1 Å². The highest BCUT2D eigenvalue weighted by Crippen LogP contribution is 2.10. The number of rotatable bonds is 6. The Morgan fingerprint density at radius 3 is 2.45 bits per heavy atom. The molecule has 1 aliphatic heterocycles. The van der Waals surface area contributed by atoms with Crippen LogP contribution in [0.5, 0.6) is 0 Å². The molecule has 1 saturated heterocycles. The van der Waals surface area contributed by atoms with E-state index in [1.807, 2.05) is 24.3 Å². The largest absolute Gasteiger partial charge is 0.352 e. The van der Waals surface area contributed by atoms with Crippen LogP contribution >= 0.6 is 12.4 Å². The number of benzene rings is 1. The number of nitrogens with zero attached hydrogens (tertiary/aromatic N) is 1. The Morgan fingerprint density at radius 1 is 1.23 bits per heavy atom. The van der Waals surface area contributed by atoms with E-state index in [9.17, 15) is 4.79 Å². The van der Waals surface area contributed by atoms with Crippen molar-refractivity contribution >= 4 is 18.3 Å². The van der Waals surface area contributed by atoms with Gasteiger partial charge in [-0.15, -0.1) is 12.4 Å². The molecule has 5 heteroatoms. The zero-order chi connectivity index (χ0) is 15.1. The monoisotopic (exact) mass is 325 g/mol. The molecule has 1 aromatic carbocycles. The minimum absolute atomic E-state index is 0. The molecule has 4 nitrogen and oxygen atoms in total. The van der Waals surface area contributed by atoms with Crippen LogP contribution in [0.25, 0.3) is 0 Å². The van der Waals surface area contributed by atoms with Crippen LogP contribution in [0.1, 0.15) is 42.1 Å². The van der Waals surface area contributed by atoms with Gasteiger partial charge in [-0.3, -0.25) is 4.79 Å². The standard InChI is InChI=1S/C17H27N3O.ClH/c1-14(13-20-9-3-2-4-10-20)12-19-17(21)16-7-5-15(11-18)6-8-16;/h5-8,14H,2-4,9-13,18H2,1H3,(H,19,21);1H. The van der Waals surface area contributed by atoms with Crippen molar-refractivity contribution in [3.05, 3.63) is 35.4 Å². The summed E-state index contributed by atoms with van der Waals surface area (Å²) in [7, 11) is 0. The van der Waals surface area contributed by atoms with Gasteiger partial charge in [-0.2, -0.15) is 0 Å². The van der Waals surface area contributed by atoms with Gasteiger partial charge in [0.05, 0.1) is 0 Å². The molecule has 124 valence electrons. The normalized spacial score (nSPS) is 16.6. The van der Waals surface area contributed by atoms with Gasteiger partial charge in [0.15, 0.2) is 0 Å². The molecule has 0 saturated carbocycles. The van der Waals surface area contributed by atoms with Crippen LogP contribution in [0.15, 0.2) is 24.3 Å². The molecular weight excluding hydrogens is 298 g/mol. The SMILES string of the molecule is CC(CNC(=O)c1ccc(CN)cc1)CN1CCCCC1.Cl. The van der Waals surface area contributed by atoms with Gasteiger partial charge in [0.25, 0.3) is 5.91 Å². The van der Waals surface area contributed by atoms with Gasteiger partial charge in [-0.25, -0.2) is 0 Å². The second-order valence-corrected chi connectivity index (χ2v) is 6.08. The molecule has 1 amide bonds. The molecule has 0 aliphatic carbocycles. The average Bonchev–Trinajstić information content (AvgIpc) is 2.53. The molecule has 1 unspecified atom stereocenters. The topological polar surface area (TPSA) is 58.4 Å². The highest BCUT2D eigenvalue weighted by Gasteiger charge is 2.14. The molecule has 0 aromatic heterocycles. The maximum absolute atomic E-state index is 12.1. The van der Waals surface area contributed by atoms with E-state index in [4.69, 9.17) is 5.73 Å². The summed E-state index contributed by atoms with van der Waals surface area (Å²) >= 11 is 0. The van der Waals surface area contributed by atoms with E-state index in [0.29, 0.717) is 18.0 Å². The summed E-state index contributed by atoms with van der Waals surface area (Å²) < 4.78 is 0. The molecule has 22 heavy (non-hydrogen) atoms. The molecule has 1 aromatic rings. The molecular formula is C17H28ClN3O. The van der Waals surface area contributed by atoms with Crippen LogP contribution in [0.4, 0.5) is 0 Å². The van der Waals surface area contributed by atoms with E-state index in [1.54, 1.807) is 0 Å². The predicted molar refractivity (Wildman–Crippen MR) is 93.4 cm³/mol. The molecule has 0 bridgehead atoms. The fourth-order valence-electron chi connectivity index (χ4n) is 2.81. The Balaban J connectivity index is 0.00000242. The summed E-state index contributed by atoms with van der Waals surface area (Å²) in [6, 6.07) is 7.50. The van der Waals surface area contributed by atoms with Crippen molar-refractivity contribution in [1.29, 1.82) is 0 Å². The molecule has 0 radical (unpaired) electrons. The molecule has 1 fully saturated rings. The number of carbonyl (C=O) groups excluding carboxylic acids is 1. The van der Waals surface area contributed by atoms with Crippen LogP contribution in [-0.2, 0) is 6.54 Å². The van der Waals surface area contributed by atoms with E-state index in [0.717, 1.165) is 18.7 Å². The van der Waals surface area contributed by atoms with E-state index < -0.39 is 0 Å². The van der Waals surface area contributed by atoms with Crippen molar-refractivity contribution in [3.63, 3.8) is 0 Å². The molecule has 0 spiro atoms. The molecule has 3 N–H and O–H groups in total. The Bertz CT molecular complexity index is 444. The molecule has 1 heterocycles. The number of amides is 1. The van der Waals surface area contributed by atoms with Gasteiger partial charge in [-0.1, -0.05) is 25.5 Å². The van der Waals surface area contributed by atoms with Crippen molar-refractivity contribution in [1.82, 2.24) is 10.2 Å². The number of halogens is 1. The average molecular weight is 326 g/mol. The summed E-state index contributed by atoms with van der Waals surface area (Å²) in [6.45, 7) is 6.93. The number of piperidine rings is 1. The number of hydrogen-bond donors (Lipinski definition) is 2. The fraction of sp³-hybridized carbons (Fsp3) is 0.588. The second-order valence-electron chi connectivity index (χ2n) is 6.08.